The second-order valence-corrected chi connectivity index (χ2v) is 5.93. The third-order valence-corrected chi connectivity index (χ3v) is 4.51. The summed E-state index contributed by atoms with van der Waals surface area (Å²) in [5.74, 6) is -1.24. The van der Waals surface area contributed by atoms with Gasteiger partial charge in [-0.3, -0.25) is 4.79 Å². The number of cyclic esters (lactones) is 2. The maximum Gasteiger partial charge on any atom is 0.346 e. The highest BCUT2D eigenvalue weighted by Gasteiger charge is 2.66. The summed E-state index contributed by atoms with van der Waals surface area (Å²) in [6.07, 6.45) is 6.49. The molecule has 1 unspecified atom stereocenters. The summed E-state index contributed by atoms with van der Waals surface area (Å²) >= 11 is 0. The monoisotopic (exact) mass is 284 g/mol. The molecule has 1 fully saturated rings. The molecule has 0 spiro atoms. The van der Waals surface area contributed by atoms with Gasteiger partial charge in [-0.1, -0.05) is 59.3 Å². The Morgan fingerprint density at radius 2 is 1.30 bits per heavy atom. The first-order valence-electron chi connectivity index (χ1n) is 7.97. The lowest BCUT2D eigenvalue weighted by Crippen LogP contribution is -2.51. The van der Waals surface area contributed by atoms with Crippen molar-refractivity contribution in [2.24, 2.45) is 5.41 Å². The van der Waals surface area contributed by atoms with Gasteiger partial charge < -0.3 is 9.84 Å². The minimum Gasteiger partial charge on any atom is -0.390 e. The largest absolute Gasteiger partial charge is 0.390 e. The van der Waals surface area contributed by atoms with Crippen LogP contribution in [0.2, 0.25) is 0 Å². The lowest BCUT2D eigenvalue weighted by Gasteiger charge is -2.36. The van der Waals surface area contributed by atoms with Gasteiger partial charge in [0, 0.05) is 0 Å². The van der Waals surface area contributed by atoms with E-state index in [9.17, 15) is 14.7 Å². The molecule has 1 aliphatic heterocycles. The lowest BCUT2D eigenvalue weighted by atomic mass is 9.65. The van der Waals surface area contributed by atoms with E-state index >= 15 is 0 Å². The van der Waals surface area contributed by atoms with Crippen LogP contribution in [0.5, 0.6) is 0 Å². The number of hydrogen-bond acceptors (Lipinski definition) is 4. The number of hydrogen-bond donors (Lipinski definition) is 1. The Morgan fingerprint density at radius 1 is 0.850 bits per heavy atom. The molecule has 0 bridgehead atoms. The smallest absolute Gasteiger partial charge is 0.346 e. The van der Waals surface area contributed by atoms with Crippen molar-refractivity contribution in [3.8, 4) is 0 Å². The van der Waals surface area contributed by atoms with E-state index in [1.807, 2.05) is 20.8 Å². The average molecular weight is 284 g/mol. The molecule has 1 saturated heterocycles. The molecular formula is C16H28O4. The van der Waals surface area contributed by atoms with E-state index in [1.165, 1.54) is 0 Å². The van der Waals surface area contributed by atoms with Crippen LogP contribution in [0.15, 0.2) is 0 Å². The molecule has 0 radical (unpaired) electrons. The first-order valence-corrected chi connectivity index (χ1v) is 7.97. The van der Waals surface area contributed by atoms with Gasteiger partial charge in [0.2, 0.25) is 0 Å². The zero-order valence-corrected chi connectivity index (χ0v) is 13.0. The van der Waals surface area contributed by atoms with E-state index in [0.29, 0.717) is 19.3 Å². The highest BCUT2D eigenvalue weighted by molar-refractivity contribution is 6.03. The van der Waals surface area contributed by atoms with E-state index in [-0.39, 0.29) is 0 Å². The molecule has 1 atom stereocenters. The lowest BCUT2D eigenvalue weighted by molar-refractivity contribution is -0.159. The van der Waals surface area contributed by atoms with Crippen molar-refractivity contribution in [1.29, 1.82) is 0 Å². The minimum atomic E-state index is -1.62. The molecule has 4 nitrogen and oxygen atoms in total. The van der Waals surface area contributed by atoms with Gasteiger partial charge in [-0.05, 0) is 19.3 Å². The Morgan fingerprint density at radius 3 is 1.75 bits per heavy atom. The Labute approximate surface area is 121 Å². The molecule has 1 heterocycles. The van der Waals surface area contributed by atoms with Crippen molar-refractivity contribution in [2.45, 2.75) is 84.2 Å². The van der Waals surface area contributed by atoms with Gasteiger partial charge in [0.15, 0.2) is 5.60 Å². The number of aliphatic hydroxyl groups is 1. The van der Waals surface area contributed by atoms with Crippen molar-refractivity contribution in [3.05, 3.63) is 0 Å². The Balaban J connectivity index is 3.10. The SMILES string of the molecule is CCCCC1(O)C(=O)OC(=O)C1(CCCC)CCCC. The maximum absolute atomic E-state index is 12.3. The van der Waals surface area contributed by atoms with Crippen LogP contribution in [0.3, 0.4) is 0 Å². The van der Waals surface area contributed by atoms with Gasteiger partial charge in [0.25, 0.3) is 0 Å². The van der Waals surface area contributed by atoms with Crippen molar-refractivity contribution in [3.63, 3.8) is 0 Å². The molecular weight excluding hydrogens is 256 g/mol. The molecule has 116 valence electrons. The first-order chi connectivity index (χ1) is 9.48. The van der Waals surface area contributed by atoms with Crippen molar-refractivity contribution >= 4 is 11.9 Å². The molecule has 1 aliphatic rings. The van der Waals surface area contributed by atoms with Crippen molar-refractivity contribution in [1.82, 2.24) is 0 Å². The van der Waals surface area contributed by atoms with Crippen LogP contribution in [-0.4, -0.2) is 22.6 Å². The van der Waals surface area contributed by atoms with Gasteiger partial charge in [-0.25, -0.2) is 4.79 Å². The normalized spacial score (nSPS) is 25.0. The zero-order chi connectivity index (χ0) is 15.2. The fourth-order valence-electron chi connectivity index (χ4n) is 3.10. The zero-order valence-electron chi connectivity index (χ0n) is 13.0. The van der Waals surface area contributed by atoms with Gasteiger partial charge in [0.05, 0.1) is 0 Å². The first kappa shape index (κ1) is 17.2. The topological polar surface area (TPSA) is 63.6 Å². The number of ether oxygens (including phenoxy) is 1. The average Bonchev–Trinajstić information content (AvgIpc) is 2.61. The third kappa shape index (κ3) is 2.90. The van der Waals surface area contributed by atoms with Crippen LogP contribution in [0, 0.1) is 5.41 Å². The summed E-state index contributed by atoms with van der Waals surface area (Å²) in [4.78, 5) is 24.4. The van der Waals surface area contributed by atoms with E-state index in [1.54, 1.807) is 0 Å². The summed E-state index contributed by atoms with van der Waals surface area (Å²) in [7, 11) is 0. The molecule has 0 aromatic carbocycles. The maximum atomic E-state index is 12.3. The summed E-state index contributed by atoms with van der Waals surface area (Å²) < 4.78 is 4.86. The van der Waals surface area contributed by atoms with Crippen molar-refractivity contribution < 1.29 is 19.4 Å². The number of esters is 2. The van der Waals surface area contributed by atoms with Gasteiger partial charge >= 0.3 is 11.9 Å². The molecule has 0 aliphatic carbocycles. The minimum absolute atomic E-state index is 0.321. The van der Waals surface area contributed by atoms with Crippen LogP contribution < -0.4 is 0 Å². The summed E-state index contributed by atoms with van der Waals surface area (Å²) in [6.45, 7) is 6.09. The highest BCUT2D eigenvalue weighted by Crippen LogP contribution is 2.50. The van der Waals surface area contributed by atoms with Crippen LogP contribution in [0.4, 0.5) is 0 Å². The Bertz CT molecular complexity index is 342. The number of unbranched alkanes of at least 4 members (excludes halogenated alkanes) is 3. The van der Waals surface area contributed by atoms with Crippen LogP contribution >= 0.6 is 0 Å². The second kappa shape index (κ2) is 7.21. The van der Waals surface area contributed by atoms with E-state index in [4.69, 9.17) is 4.74 Å². The van der Waals surface area contributed by atoms with E-state index in [2.05, 4.69) is 0 Å². The molecule has 0 aromatic heterocycles. The quantitative estimate of drug-likeness (QED) is 0.521. The molecule has 0 aromatic rings. The molecule has 1 N–H and O–H groups in total. The summed E-state index contributed by atoms with van der Waals surface area (Å²) in [6, 6.07) is 0. The predicted octanol–water partition coefficient (Wildman–Crippen LogP) is 3.36. The number of rotatable bonds is 9. The molecule has 1 rings (SSSR count). The molecule has 4 heteroatoms. The standard InChI is InChI=1S/C16H28O4/c1-4-7-10-15(11-8-5-2)13(17)20-14(18)16(15,19)12-9-6-3/h19H,4-12H2,1-3H3. The summed E-state index contributed by atoms with van der Waals surface area (Å²) in [5.41, 5.74) is -2.64. The van der Waals surface area contributed by atoms with Crippen LogP contribution in [0.1, 0.15) is 78.6 Å². The Hall–Kier alpha value is -0.900. The Kier molecular flexibility index (Phi) is 6.18. The fraction of sp³-hybridized carbons (Fsp3) is 0.875. The van der Waals surface area contributed by atoms with Crippen molar-refractivity contribution in [2.75, 3.05) is 0 Å². The predicted molar refractivity (Wildman–Crippen MR) is 77.1 cm³/mol. The molecule has 20 heavy (non-hydrogen) atoms. The second-order valence-electron chi connectivity index (χ2n) is 5.93. The third-order valence-electron chi connectivity index (χ3n) is 4.51. The fourth-order valence-corrected chi connectivity index (χ4v) is 3.10. The van der Waals surface area contributed by atoms with Gasteiger partial charge in [-0.15, -0.1) is 0 Å². The van der Waals surface area contributed by atoms with Gasteiger partial charge in [-0.2, -0.15) is 0 Å². The van der Waals surface area contributed by atoms with E-state index in [0.717, 1.165) is 38.5 Å². The number of carbonyl (C=O) groups excluding carboxylic acids is 2. The number of carbonyl (C=O) groups is 2. The van der Waals surface area contributed by atoms with Gasteiger partial charge in [0.1, 0.15) is 5.41 Å². The van der Waals surface area contributed by atoms with Crippen LogP contribution in [0.25, 0.3) is 0 Å². The molecule has 0 amide bonds. The highest BCUT2D eigenvalue weighted by atomic mass is 16.6. The van der Waals surface area contributed by atoms with Crippen LogP contribution in [-0.2, 0) is 14.3 Å². The summed E-state index contributed by atoms with van der Waals surface area (Å²) in [5, 5.41) is 10.9. The molecule has 0 saturated carbocycles. The van der Waals surface area contributed by atoms with E-state index < -0.39 is 23.0 Å².